The van der Waals surface area contributed by atoms with Gasteiger partial charge in [-0.2, -0.15) is 0 Å². The smallest absolute Gasteiger partial charge is 0.394 e. The van der Waals surface area contributed by atoms with Crippen LogP contribution in [0.2, 0.25) is 0 Å². The molecule has 0 heterocycles. The van der Waals surface area contributed by atoms with Crippen LogP contribution in [0.4, 0.5) is 0 Å². The van der Waals surface area contributed by atoms with Crippen molar-refractivity contribution < 1.29 is 23.4 Å². The van der Waals surface area contributed by atoms with Crippen molar-refractivity contribution >= 4 is 13.5 Å². The van der Waals surface area contributed by atoms with Crippen LogP contribution in [-0.2, 0) is 11.0 Å². The van der Waals surface area contributed by atoms with Gasteiger partial charge in [-0.3, -0.25) is 4.79 Å². The zero-order valence-electron chi connectivity index (χ0n) is 17.1. The molecule has 2 aromatic rings. The third kappa shape index (κ3) is 4.73. The number of hydrogen-bond donors (Lipinski definition) is 0. The average molecular weight is 406 g/mol. The van der Waals surface area contributed by atoms with Crippen molar-refractivity contribution in [3.05, 3.63) is 53.6 Å². The van der Waals surface area contributed by atoms with Gasteiger partial charge in [-0.15, -0.1) is 0 Å². The van der Waals surface area contributed by atoms with E-state index in [0.717, 1.165) is 0 Å². The van der Waals surface area contributed by atoms with Gasteiger partial charge in [-0.1, -0.05) is 12.1 Å². The summed E-state index contributed by atoms with van der Waals surface area (Å²) in [5.74, 6) is 1.31. The van der Waals surface area contributed by atoms with Crippen molar-refractivity contribution in [1.82, 2.24) is 9.34 Å². The number of methoxy groups -OCH3 is 2. The molecular formula is C20H27N2O5P. The van der Waals surface area contributed by atoms with Gasteiger partial charge in [0, 0.05) is 17.5 Å². The highest BCUT2D eigenvalue weighted by molar-refractivity contribution is 7.54. The fourth-order valence-electron chi connectivity index (χ4n) is 2.66. The number of nitrogens with zero attached hydrogens (tertiary/aromatic N) is 2. The lowest BCUT2D eigenvalue weighted by Gasteiger charge is -2.30. The fraction of sp³-hybridized carbons (Fsp3) is 0.350. The van der Waals surface area contributed by atoms with Crippen LogP contribution >= 0.6 is 7.67 Å². The number of hydrogen-bond acceptors (Lipinski definition) is 5. The standard InChI is InChI=1S/C20H27N2O5P/c1-21(2)28(24,22(3)4)27-20-16(8-7-9-19(20)26-6)14-18(23)15-10-12-17(25-5)13-11-15/h7-13H,14H2,1-6H3. The largest absolute Gasteiger partial charge is 0.497 e. The van der Waals surface area contributed by atoms with E-state index in [2.05, 4.69) is 0 Å². The van der Waals surface area contributed by atoms with E-state index in [1.807, 2.05) is 0 Å². The zero-order chi connectivity index (χ0) is 20.9. The summed E-state index contributed by atoms with van der Waals surface area (Å²) in [7, 11) is 6.48. The Bertz CT molecular complexity index is 853. The number of rotatable bonds is 9. The number of carbonyl (C=O) groups excluding carboxylic acids is 1. The molecule has 0 atom stereocenters. The van der Waals surface area contributed by atoms with Gasteiger partial charge < -0.3 is 14.0 Å². The Morgan fingerprint density at radius 1 is 0.929 bits per heavy atom. The summed E-state index contributed by atoms with van der Waals surface area (Å²) in [6.07, 6.45) is 0.0831. The van der Waals surface area contributed by atoms with Crippen LogP contribution in [-0.4, -0.2) is 57.5 Å². The molecule has 0 saturated heterocycles. The van der Waals surface area contributed by atoms with Crippen LogP contribution in [0.1, 0.15) is 15.9 Å². The summed E-state index contributed by atoms with van der Waals surface area (Å²) in [6, 6.07) is 12.2. The van der Waals surface area contributed by atoms with Crippen LogP contribution in [0.5, 0.6) is 17.2 Å². The van der Waals surface area contributed by atoms with Crippen LogP contribution in [0.25, 0.3) is 0 Å². The molecule has 0 N–H and O–H groups in total. The molecule has 0 aromatic heterocycles. The van der Waals surface area contributed by atoms with Gasteiger partial charge in [0.2, 0.25) is 0 Å². The van der Waals surface area contributed by atoms with Crippen LogP contribution < -0.4 is 14.0 Å². The topological polar surface area (TPSA) is 68.3 Å². The molecule has 152 valence electrons. The molecule has 0 spiro atoms. The van der Waals surface area contributed by atoms with Crippen LogP contribution in [0.15, 0.2) is 42.5 Å². The minimum absolute atomic E-state index is 0.0831. The van der Waals surface area contributed by atoms with E-state index in [-0.39, 0.29) is 12.2 Å². The second kappa shape index (κ2) is 9.24. The molecule has 2 aromatic carbocycles. The summed E-state index contributed by atoms with van der Waals surface area (Å²) in [4.78, 5) is 12.8. The lowest BCUT2D eigenvalue weighted by Crippen LogP contribution is -2.25. The van der Waals surface area contributed by atoms with Crippen LogP contribution in [0.3, 0.4) is 0 Å². The molecule has 0 radical (unpaired) electrons. The summed E-state index contributed by atoms with van der Waals surface area (Å²) in [5, 5.41) is 0. The monoisotopic (exact) mass is 406 g/mol. The van der Waals surface area contributed by atoms with E-state index < -0.39 is 7.67 Å². The Kier molecular flexibility index (Phi) is 7.24. The van der Waals surface area contributed by atoms with Crippen molar-refractivity contribution in [1.29, 1.82) is 0 Å². The summed E-state index contributed by atoms with van der Waals surface area (Å²) in [6.45, 7) is 0. The molecule has 0 aliphatic rings. The Morgan fingerprint density at radius 2 is 1.54 bits per heavy atom. The Labute approximate surface area is 166 Å². The van der Waals surface area contributed by atoms with E-state index in [4.69, 9.17) is 14.0 Å². The highest BCUT2D eigenvalue weighted by atomic mass is 31.2. The lowest BCUT2D eigenvalue weighted by atomic mass is 10.0. The van der Waals surface area contributed by atoms with Crippen molar-refractivity contribution in [2.45, 2.75) is 6.42 Å². The van der Waals surface area contributed by atoms with Crippen molar-refractivity contribution in [3.8, 4) is 17.2 Å². The normalized spacial score (nSPS) is 11.6. The van der Waals surface area contributed by atoms with Gasteiger partial charge in [0.15, 0.2) is 17.3 Å². The van der Waals surface area contributed by atoms with Crippen LogP contribution in [0, 0.1) is 0 Å². The molecule has 0 aliphatic carbocycles. The maximum absolute atomic E-state index is 13.3. The number of ketones is 1. The van der Waals surface area contributed by atoms with Gasteiger partial charge in [0.1, 0.15) is 5.75 Å². The first-order valence-corrected chi connectivity index (χ1v) is 10.2. The number of para-hydroxylation sites is 1. The maximum atomic E-state index is 13.3. The fourth-order valence-corrected chi connectivity index (χ4v) is 4.14. The molecule has 0 saturated carbocycles. The van der Waals surface area contributed by atoms with Gasteiger partial charge in [-0.25, -0.2) is 13.9 Å². The number of ether oxygens (including phenoxy) is 2. The third-order valence-electron chi connectivity index (χ3n) is 4.26. The first kappa shape index (κ1) is 22.0. The van der Waals surface area contributed by atoms with Crippen molar-refractivity contribution in [3.63, 3.8) is 0 Å². The van der Waals surface area contributed by atoms with E-state index in [9.17, 15) is 9.36 Å². The number of Topliss-reactive ketones (excluding diaryl/α,β-unsaturated/α-hetero) is 1. The summed E-state index contributed by atoms with van der Waals surface area (Å²) in [5.41, 5.74) is 1.15. The average Bonchev–Trinajstić information content (AvgIpc) is 2.68. The second-order valence-electron chi connectivity index (χ2n) is 6.55. The van der Waals surface area contributed by atoms with E-state index >= 15 is 0 Å². The molecule has 0 unspecified atom stereocenters. The maximum Gasteiger partial charge on any atom is 0.394 e. The molecule has 7 nitrogen and oxygen atoms in total. The molecule has 0 bridgehead atoms. The molecule has 28 heavy (non-hydrogen) atoms. The quantitative estimate of drug-likeness (QED) is 0.464. The molecule has 2 rings (SSSR count). The highest BCUT2D eigenvalue weighted by Crippen LogP contribution is 2.53. The minimum atomic E-state index is -3.32. The predicted octanol–water partition coefficient (Wildman–Crippen LogP) is 3.74. The first-order valence-electron chi connectivity index (χ1n) is 8.71. The van der Waals surface area contributed by atoms with Crippen molar-refractivity contribution in [2.75, 3.05) is 42.4 Å². The highest BCUT2D eigenvalue weighted by Gasteiger charge is 2.33. The Hall–Kier alpha value is -2.34. The minimum Gasteiger partial charge on any atom is -0.497 e. The van der Waals surface area contributed by atoms with Gasteiger partial charge in [0.25, 0.3) is 0 Å². The van der Waals surface area contributed by atoms with E-state index in [1.54, 1.807) is 77.8 Å². The number of carbonyl (C=O) groups is 1. The Morgan fingerprint density at radius 3 is 2.04 bits per heavy atom. The third-order valence-corrected chi connectivity index (χ3v) is 6.71. The lowest BCUT2D eigenvalue weighted by molar-refractivity contribution is 0.0992. The molecule has 0 amide bonds. The zero-order valence-corrected chi connectivity index (χ0v) is 18.0. The summed E-state index contributed by atoms with van der Waals surface area (Å²) >= 11 is 0. The van der Waals surface area contributed by atoms with Gasteiger partial charge >= 0.3 is 7.67 Å². The molecule has 8 heteroatoms. The van der Waals surface area contributed by atoms with E-state index in [0.29, 0.717) is 28.4 Å². The van der Waals surface area contributed by atoms with Crippen molar-refractivity contribution in [2.24, 2.45) is 0 Å². The summed E-state index contributed by atoms with van der Waals surface area (Å²) < 4.78 is 32.8. The molecular weight excluding hydrogens is 379 g/mol. The Balaban J connectivity index is 2.39. The second-order valence-corrected chi connectivity index (χ2v) is 9.32. The van der Waals surface area contributed by atoms with Gasteiger partial charge in [0.05, 0.1) is 14.2 Å². The molecule has 0 aliphatic heterocycles. The SMILES string of the molecule is COc1ccc(C(=O)Cc2cccc(OC)c2OP(=O)(N(C)C)N(C)C)cc1. The number of benzene rings is 2. The van der Waals surface area contributed by atoms with E-state index in [1.165, 1.54) is 16.5 Å². The predicted molar refractivity (Wildman–Crippen MR) is 110 cm³/mol. The molecule has 0 fully saturated rings. The first-order chi connectivity index (χ1) is 13.2. The van der Waals surface area contributed by atoms with Gasteiger partial charge in [-0.05, 0) is 58.5 Å².